The van der Waals surface area contributed by atoms with Crippen LogP contribution in [0.2, 0.25) is 0 Å². The van der Waals surface area contributed by atoms with E-state index in [0.717, 1.165) is 5.56 Å². The molecule has 10 nitrogen and oxygen atoms in total. The quantitative estimate of drug-likeness (QED) is 0.240. The molecule has 1 atom stereocenters. The summed E-state index contributed by atoms with van der Waals surface area (Å²) in [6, 6.07) is 15.6. The van der Waals surface area contributed by atoms with Crippen molar-refractivity contribution in [1.82, 2.24) is 5.32 Å². The van der Waals surface area contributed by atoms with Crippen molar-refractivity contribution in [2.45, 2.75) is 32.5 Å². The lowest BCUT2D eigenvalue weighted by Crippen LogP contribution is -2.33. The summed E-state index contributed by atoms with van der Waals surface area (Å²) in [7, 11) is -2.77. The Balaban J connectivity index is 1.67. The highest BCUT2D eigenvalue weighted by Gasteiger charge is 2.48. The number of hydrogen-bond donors (Lipinski definition) is 1. The largest absolute Gasteiger partial charge is 0.466 e. The number of esters is 1. The summed E-state index contributed by atoms with van der Waals surface area (Å²) in [5.41, 5.74) is 1.88. The zero-order valence-electron chi connectivity index (χ0n) is 20.1. The van der Waals surface area contributed by atoms with Gasteiger partial charge < -0.3 is 23.8 Å². The topological polar surface area (TPSA) is 126 Å². The Kier molecular flexibility index (Phi) is 7.70. The Morgan fingerprint density at radius 2 is 1.72 bits per heavy atom. The number of benzene rings is 2. The first-order valence-corrected chi connectivity index (χ1v) is 12.8. The van der Waals surface area contributed by atoms with Gasteiger partial charge in [-0.1, -0.05) is 48.5 Å². The molecule has 0 saturated carbocycles. The maximum atomic E-state index is 14.1. The van der Waals surface area contributed by atoms with Crippen molar-refractivity contribution >= 4 is 19.3 Å². The number of ether oxygens (including phenoxy) is 2. The van der Waals surface area contributed by atoms with Gasteiger partial charge in [0, 0.05) is 23.0 Å². The summed E-state index contributed by atoms with van der Waals surface area (Å²) in [6.45, 7) is 3.62. The Bertz CT molecular complexity index is 1260. The number of rotatable bonds is 7. The zero-order valence-corrected chi connectivity index (χ0v) is 21.0. The van der Waals surface area contributed by atoms with Gasteiger partial charge in [0.1, 0.15) is 6.10 Å². The van der Waals surface area contributed by atoms with Crippen molar-refractivity contribution in [2.24, 2.45) is 0 Å². The van der Waals surface area contributed by atoms with E-state index < -0.39 is 30.5 Å². The van der Waals surface area contributed by atoms with Crippen molar-refractivity contribution in [3.05, 3.63) is 98.1 Å². The Morgan fingerprint density at radius 3 is 2.36 bits per heavy atom. The van der Waals surface area contributed by atoms with Crippen LogP contribution in [0.3, 0.4) is 0 Å². The molecule has 4 rings (SSSR count). The van der Waals surface area contributed by atoms with Crippen LogP contribution in [0.5, 0.6) is 0 Å². The number of nitro benzene ring substituents is 1. The third-order valence-corrected chi connectivity index (χ3v) is 8.22. The van der Waals surface area contributed by atoms with E-state index in [4.69, 9.17) is 18.5 Å². The monoisotopic (exact) mass is 514 g/mol. The van der Waals surface area contributed by atoms with Crippen molar-refractivity contribution < 1.29 is 32.8 Å². The fourth-order valence-corrected chi connectivity index (χ4v) is 6.53. The van der Waals surface area contributed by atoms with Crippen LogP contribution in [0.4, 0.5) is 5.69 Å². The maximum absolute atomic E-state index is 14.1. The number of carbonyl (C=O) groups excluding carboxylic acids is 1. The minimum atomic E-state index is -3.99. The second-order valence-corrected chi connectivity index (χ2v) is 10.4. The van der Waals surface area contributed by atoms with Gasteiger partial charge in [0.15, 0.2) is 0 Å². The number of nitrogens with zero attached hydrogens (tertiary/aromatic N) is 1. The van der Waals surface area contributed by atoms with E-state index in [-0.39, 0.29) is 35.4 Å². The number of nitro groups is 1. The van der Waals surface area contributed by atoms with E-state index in [1.165, 1.54) is 25.3 Å². The Labute approximate surface area is 208 Å². The average molecular weight is 514 g/mol. The van der Waals surface area contributed by atoms with Crippen LogP contribution in [0.1, 0.15) is 30.9 Å². The molecular formula is C25H27N2O8P. The first-order valence-electron chi connectivity index (χ1n) is 11.3. The standard InChI is InChI=1S/C25H27N2O8P/c1-16-22(25(28)32-3)23(20-11-7-8-12-21(20)27(29)30)24(17(2)26-16)36(31)34-14-19(15-35-36)33-13-18-9-5-4-6-10-18/h4-12,19,23,26H,13-15H2,1-3H3. The van der Waals surface area contributed by atoms with Gasteiger partial charge in [0.05, 0.1) is 48.7 Å². The molecule has 0 aromatic heterocycles. The molecule has 36 heavy (non-hydrogen) atoms. The number of methoxy groups -OCH3 is 1. The summed E-state index contributed by atoms with van der Waals surface area (Å²) in [4.78, 5) is 24.2. The molecule has 2 aromatic rings. The molecule has 2 aromatic carbocycles. The SMILES string of the molecule is COC(=O)C1=C(C)NC(C)=C(P2(=O)OCC(OCc3ccccc3)CO2)C1c1ccccc1[N+](=O)[O-]. The molecule has 2 aliphatic rings. The van der Waals surface area contributed by atoms with Gasteiger partial charge >= 0.3 is 13.6 Å². The fraction of sp³-hybridized carbons (Fsp3) is 0.320. The summed E-state index contributed by atoms with van der Waals surface area (Å²) in [5.74, 6) is -1.78. The van der Waals surface area contributed by atoms with E-state index >= 15 is 0 Å². The highest BCUT2D eigenvalue weighted by atomic mass is 31.2. The van der Waals surface area contributed by atoms with Gasteiger partial charge in [0.2, 0.25) is 0 Å². The first kappa shape index (κ1) is 25.8. The van der Waals surface area contributed by atoms with Gasteiger partial charge in [-0.2, -0.15) is 0 Å². The van der Waals surface area contributed by atoms with Gasteiger partial charge in [-0.05, 0) is 19.4 Å². The minimum Gasteiger partial charge on any atom is -0.466 e. The molecule has 2 heterocycles. The van der Waals surface area contributed by atoms with Crippen LogP contribution >= 0.6 is 7.60 Å². The third-order valence-electron chi connectivity index (χ3n) is 6.06. The van der Waals surface area contributed by atoms with Crippen molar-refractivity contribution in [1.29, 1.82) is 0 Å². The van der Waals surface area contributed by atoms with Crippen LogP contribution in [-0.4, -0.2) is 37.3 Å². The molecule has 1 saturated heterocycles. The minimum absolute atomic E-state index is 0.0131. The highest BCUT2D eigenvalue weighted by Crippen LogP contribution is 2.65. The Hall–Kier alpha value is -3.30. The first-order chi connectivity index (χ1) is 17.2. The second-order valence-electron chi connectivity index (χ2n) is 8.42. The van der Waals surface area contributed by atoms with Crippen LogP contribution in [0, 0.1) is 10.1 Å². The number of allylic oxidation sites excluding steroid dienone is 3. The Morgan fingerprint density at radius 1 is 1.08 bits per heavy atom. The van der Waals surface area contributed by atoms with Crippen LogP contribution in [0.15, 0.2) is 76.9 Å². The van der Waals surface area contributed by atoms with Crippen LogP contribution in [-0.2, 0) is 34.5 Å². The number of carbonyl (C=O) groups is 1. The van der Waals surface area contributed by atoms with Gasteiger partial charge in [-0.25, -0.2) is 4.79 Å². The molecular weight excluding hydrogens is 487 g/mol. The molecule has 11 heteroatoms. The lowest BCUT2D eigenvalue weighted by atomic mass is 9.85. The fourth-order valence-electron chi connectivity index (χ4n) is 4.40. The molecule has 1 fully saturated rings. The smallest absolute Gasteiger partial charge is 0.360 e. The van der Waals surface area contributed by atoms with Crippen LogP contribution in [0.25, 0.3) is 0 Å². The van der Waals surface area contributed by atoms with Crippen molar-refractivity contribution in [3.63, 3.8) is 0 Å². The molecule has 0 amide bonds. The summed E-state index contributed by atoms with van der Waals surface area (Å²) < 4.78 is 36.5. The number of hydrogen-bond acceptors (Lipinski definition) is 9. The van der Waals surface area contributed by atoms with E-state index in [0.29, 0.717) is 18.0 Å². The van der Waals surface area contributed by atoms with E-state index in [2.05, 4.69) is 5.32 Å². The average Bonchev–Trinajstić information content (AvgIpc) is 2.88. The molecule has 190 valence electrons. The predicted octanol–water partition coefficient (Wildman–Crippen LogP) is 4.79. The molecule has 1 unspecified atom stereocenters. The molecule has 1 N–H and O–H groups in total. The van der Waals surface area contributed by atoms with E-state index in [9.17, 15) is 19.5 Å². The number of nitrogens with one attached hydrogen (secondary N) is 1. The van der Waals surface area contributed by atoms with Gasteiger partial charge in [-0.3, -0.25) is 14.7 Å². The maximum Gasteiger partial charge on any atom is 0.360 e. The molecule has 2 aliphatic heterocycles. The predicted molar refractivity (Wildman–Crippen MR) is 131 cm³/mol. The van der Waals surface area contributed by atoms with Crippen molar-refractivity contribution in [2.75, 3.05) is 20.3 Å². The second kappa shape index (κ2) is 10.8. The lowest BCUT2D eigenvalue weighted by Gasteiger charge is -2.37. The molecule has 0 aliphatic carbocycles. The molecule has 0 spiro atoms. The summed E-state index contributed by atoms with van der Waals surface area (Å²) >= 11 is 0. The molecule has 0 bridgehead atoms. The van der Waals surface area contributed by atoms with E-state index in [1.54, 1.807) is 19.9 Å². The van der Waals surface area contributed by atoms with Crippen molar-refractivity contribution in [3.8, 4) is 0 Å². The summed E-state index contributed by atoms with van der Waals surface area (Å²) in [5, 5.41) is 15.0. The van der Waals surface area contributed by atoms with Gasteiger partial charge in [-0.15, -0.1) is 0 Å². The van der Waals surface area contributed by atoms with Gasteiger partial charge in [0.25, 0.3) is 5.69 Å². The highest BCUT2D eigenvalue weighted by molar-refractivity contribution is 7.58. The number of dihydropyridines is 1. The third kappa shape index (κ3) is 5.12. The summed E-state index contributed by atoms with van der Waals surface area (Å²) in [6.07, 6.45) is -0.466. The number of para-hydroxylation sites is 1. The van der Waals surface area contributed by atoms with Crippen LogP contribution < -0.4 is 5.32 Å². The lowest BCUT2D eigenvalue weighted by molar-refractivity contribution is -0.385. The zero-order chi connectivity index (χ0) is 25.9. The van der Waals surface area contributed by atoms with E-state index in [1.807, 2.05) is 30.3 Å². The molecule has 0 radical (unpaired) electrons. The normalized spacial score (nSPS) is 24.3.